The molecule has 4 nitrogen and oxygen atoms in total. The average Bonchev–Trinajstić information content (AvgIpc) is 2.27. The summed E-state index contributed by atoms with van der Waals surface area (Å²) in [5.74, 6) is -5.91. The lowest BCUT2D eigenvalue weighted by Crippen LogP contribution is -2.40. The van der Waals surface area contributed by atoms with Crippen LogP contribution in [0.15, 0.2) is 24.3 Å². The monoisotopic (exact) mass is 231 g/mol. The molecule has 0 fully saturated rings. The molecule has 0 aliphatic heterocycles. The summed E-state index contributed by atoms with van der Waals surface area (Å²) in [7, 11) is 1.37. The number of alkyl halides is 2. The van der Waals surface area contributed by atoms with Gasteiger partial charge in [0.1, 0.15) is 11.8 Å². The Balaban J connectivity index is 3.04. The van der Waals surface area contributed by atoms with Gasteiger partial charge in [-0.15, -0.1) is 0 Å². The van der Waals surface area contributed by atoms with Crippen LogP contribution in [-0.2, 0) is 4.79 Å². The molecule has 0 saturated carbocycles. The lowest BCUT2D eigenvalue weighted by Gasteiger charge is -2.19. The molecule has 88 valence electrons. The van der Waals surface area contributed by atoms with E-state index in [4.69, 9.17) is 15.6 Å². The summed E-state index contributed by atoms with van der Waals surface area (Å²) in [6, 6.07) is 3.72. The van der Waals surface area contributed by atoms with Crippen molar-refractivity contribution in [3.05, 3.63) is 29.8 Å². The summed E-state index contributed by atoms with van der Waals surface area (Å²) in [5, 5.41) is 8.34. The van der Waals surface area contributed by atoms with Gasteiger partial charge in [0.15, 0.2) is 0 Å². The van der Waals surface area contributed by atoms with E-state index >= 15 is 0 Å². The molecule has 6 heteroatoms. The molecule has 1 aromatic rings. The lowest BCUT2D eigenvalue weighted by molar-refractivity contribution is -0.168. The second-order valence-electron chi connectivity index (χ2n) is 3.18. The van der Waals surface area contributed by atoms with Gasteiger partial charge in [-0.3, -0.25) is 0 Å². The number of carbonyl (C=O) groups is 1. The maximum Gasteiger partial charge on any atom is 0.376 e. The summed E-state index contributed by atoms with van der Waals surface area (Å²) in [4.78, 5) is 10.3. The molecule has 0 amide bonds. The molecule has 0 aromatic heterocycles. The highest BCUT2D eigenvalue weighted by molar-refractivity contribution is 5.76. The van der Waals surface area contributed by atoms with Crippen molar-refractivity contribution in [2.75, 3.05) is 7.11 Å². The first-order chi connectivity index (χ1) is 7.39. The van der Waals surface area contributed by atoms with Crippen LogP contribution in [0.2, 0.25) is 0 Å². The van der Waals surface area contributed by atoms with Gasteiger partial charge >= 0.3 is 11.9 Å². The number of methoxy groups -OCH3 is 1. The molecule has 1 atom stereocenters. The van der Waals surface area contributed by atoms with Crippen LogP contribution in [0.4, 0.5) is 8.78 Å². The molecular formula is C10H11F2NO3. The molecule has 0 spiro atoms. The Bertz CT molecular complexity index is 395. The number of hydrogen-bond donors (Lipinski definition) is 2. The summed E-state index contributed by atoms with van der Waals surface area (Å²) in [6.45, 7) is 0. The smallest absolute Gasteiger partial charge is 0.376 e. The topological polar surface area (TPSA) is 72.5 Å². The quantitative estimate of drug-likeness (QED) is 0.821. The highest BCUT2D eigenvalue weighted by Crippen LogP contribution is 2.30. The number of hydrogen-bond acceptors (Lipinski definition) is 3. The molecule has 0 aliphatic rings. The van der Waals surface area contributed by atoms with Crippen LogP contribution in [0.1, 0.15) is 11.6 Å². The third-order valence-corrected chi connectivity index (χ3v) is 2.13. The van der Waals surface area contributed by atoms with Crippen molar-refractivity contribution in [1.29, 1.82) is 0 Å². The molecule has 1 aromatic carbocycles. The number of carboxylic acid groups (broad SMARTS) is 1. The number of rotatable bonds is 4. The third-order valence-electron chi connectivity index (χ3n) is 2.13. The Kier molecular flexibility index (Phi) is 3.44. The van der Waals surface area contributed by atoms with Gasteiger partial charge < -0.3 is 15.6 Å². The van der Waals surface area contributed by atoms with Crippen LogP contribution in [0.3, 0.4) is 0 Å². The zero-order valence-corrected chi connectivity index (χ0v) is 8.48. The SMILES string of the molecule is COc1cccc([C@@H](N)C(F)(F)C(=O)O)c1. The second kappa shape index (κ2) is 4.44. The van der Waals surface area contributed by atoms with Crippen LogP contribution >= 0.6 is 0 Å². The van der Waals surface area contributed by atoms with Gasteiger partial charge in [-0.25, -0.2) is 4.79 Å². The zero-order valence-electron chi connectivity index (χ0n) is 8.48. The van der Waals surface area contributed by atoms with E-state index in [1.807, 2.05) is 0 Å². The van der Waals surface area contributed by atoms with Crippen molar-refractivity contribution < 1.29 is 23.4 Å². The van der Waals surface area contributed by atoms with Gasteiger partial charge in [0, 0.05) is 0 Å². The number of aliphatic carboxylic acids is 1. The van der Waals surface area contributed by atoms with Gasteiger partial charge in [-0.1, -0.05) is 12.1 Å². The Morgan fingerprint density at radius 1 is 1.56 bits per heavy atom. The fraction of sp³-hybridized carbons (Fsp3) is 0.300. The number of ether oxygens (including phenoxy) is 1. The highest BCUT2D eigenvalue weighted by Gasteiger charge is 2.46. The van der Waals surface area contributed by atoms with Crippen LogP contribution in [0.25, 0.3) is 0 Å². The van der Waals surface area contributed by atoms with Crippen LogP contribution in [0, 0.1) is 0 Å². The summed E-state index contributed by atoms with van der Waals surface area (Å²) in [6.07, 6.45) is 0. The highest BCUT2D eigenvalue weighted by atomic mass is 19.3. The summed E-state index contributed by atoms with van der Waals surface area (Å²) in [5.41, 5.74) is 5.22. The molecule has 0 heterocycles. The third kappa shape index (κ3) is 2.27. The Morgan fingerprint density at radius 3 is 2.69 bits per heavy atom. The van der Waals surface area contributed by atoms with Gasteiger partial charge in [0.2, 0.25) is 0 Å². The predicted octanol–water partition coefficient (Wildman–Crippen LogP) is 1.41. The largest absolute Gasteiger partial charge is 0.497 e. The first-order valence-corrected chi connectivity index (χ1v) is 4.40. The van der Waals surface area contributed by atoms with E-state index in [1.54, 1.807) is 6.07 Å². The van der Waals surface area contributed by atoms with E-state index in [9.17, 15) is 13.6 Å². The standard InChI is InChI=1S/C10H11F2NO3/c1-16-7-4-2-3-6(5-7)8(13)10(11,12)9(14)15/h2-5,8H,13H2,1H3,(H,14,15)/t8-/m1/s1. The Hall–Kier alpha value is -1.69. The van der Waals surface area contributed by atoms with Gasteiger partial charge in [0.25, 0.3) is 0 Å². The van der Waals surface area contributed by atoms with E-state index in [0.29, 0.717) is 5.75 Å². The second-order valence-corrected chi connectivity index (χ2v) is 3.18. The van der Waals surface area contributed by atoms with Gasteiger partial charge in [-0.2, -0.15) is 8.78 Å². The molecule has 0 unspecified atom stereocenters. The van der Waals surface area contributed by atoms with E-state index in [1.165, 1.54) is 25.3 Å². The normalized spacial score (nSPS) is 13.2. The average molecular weight is 231 g/mol. The molecule has 1 rings (SSSR count). The molecule has 0 saturated heterocycles. The molecular weight excluding hydrogens is 220 g/mol. The minimum atomic E-state index is -4.01. The summed E-state index contributed by atoms with van der Waals surface area (Å²) >= 11 is 0. The van der Waals surface area contributed by atoms with Crippen molar-refractivity contribution in [2.24, 2.45) is 5.73 Å². The van der Waals surface area contributed by atoms with E-state index < -0.39 is 17.9 Å². The van der Waals surface area contributed by atoms with Crippen LogP contribution in [0.5, 0.6) is 5.75 Å². The molecule has 0 aliphatic carbocycles. The van der Waals surface area contributed by atoms with Gasteiger partial charge in [0.05, 0.1) is 7.11 Å². The minimum absolute atomic E-state index is 0.00625. The van der Waals surface area contributed by atoms with E-state index in [-0.39, 0.29) is 5.56 Å². The van der Waals surface area contributed by atoms with Crippen molar-refractivity contribution in [3.63, 3.8) is 0 Å². The first-order valence-electron chi connectivity index (χ1n) is 4.40. The molecule has 0 radical (unpaired) electrons. The van der Waals surface area contributed by atoms with Crippen molar-refractivity contribution >= 4 is 5.97 Å². The number of carboxylic acids is 1. The zero-order chi connectivity index (χ0) is 12.3. The molecule has 3 N–H and O–H groups in total. The van der Waals surface area contributed by atoms with Crippen LogP contribution < -0.4 is 10.5 Å². The fourth-order valence-electron chi connectivity index (χ4n) is 1.18. The fourth-order valence-corrected chi connectivity index (χ4v) is 1.18. The first kappa shape index (κ1) is 12.4. The number of halogens is 2. The van der Waals surface area contributed by atoms with Crippen molar-refractivity contribution in [3.8, 4) is 5.75 Å². The number of nitrogens with two attached hydrogens (primary N) is 1. The maximum absolute atomic E-state index is 13.1. The molecule has 16 heavy (non-hydrogen) atoms. The Morgan fingerprint density at radius 2 is 2.19 bits per heavy atom. The van der Waals surface area contributed by atoms with Crippen LogP contribution in [-0.4, -0.2) is 24.1 Å². The Labute approximate surface area is 90.6 Å². The maximum atomic E-state index is 13.1. The predicted molar refractivity (Wildman–Crippen MR) is 52.5 cm³/mol. The van der Waals surface area contributed by atoms with Gasteiger partial charge in [-0.05, 0) is 17.7 Å². The number of benzene rings is 1. The summed E-state index contributed by atoms with van der Waals surface area (Å²) < 4.78 is 31.0. The van der Waals surface area contributed by atoms with E-state index in [2.05, 4.69) is 0 Å². The van der Waals surface area contributed by atoms with E-state index in [0.717, 1.165) is 0 Å². The minimum Gasteiger partial charge on any atom is -0.497 e. The van der Waals surface area contributed by atoms with Crippen molar-refractivity contribution in [2.45, 2.75) is 12.0 Å². The molecule has 0 bridgehead atoms. The lowest BCUT2D eigenvalue weighted by atomic mass is 10.0. The van der Waals surface area contributed by atoms with Crippen molar-refractivity contribution in [1.82, 2.24) is 0 Å².